The lowest BCUT2D eigenvalue weighted by atomic mass is 10.1. The maximum absolute atomic E-state index is 6.03. The molecule has 3 heteroatoms. The normalized spacial score (nSPS) is 10.5. The Bertz CT molecular complexity index is 692. The van der Waals surface area contributed by atoms with Crippen molar-refractivity contribution in [3.05, 3.63) is 76.8 Å². The van der Waals surface area contributed by atoms with E-state index in [1.165, 1.54) is 0 Å². The average molecular weight is 300 g/mol. The van der Waals surface area contributed by atoms with Gasteiger partial charge in [0.2, 0.25) is 0 Å². The number of benzene rings is 2. The number of nitrogens with zero attached hydrogens (tertiary/aromatic N) is 1. The lowest BCUT2D eigenvalue weighted by Crippen LogP contribution is -1.87. The molecule has 3 aromatic rings. The summed E-state index contributed by atoms with van der Waals surface area (Å²) in [5, 5.41) is 1.41. The molecule has 0 bridgehead atoms. The van der Waals surface area contributed by atoms with Crippen LogP contribution >= 0.6 is 23.2 Å². The molecule has 2 aromatic carbocycles. The van der Waals surface area contributed by atoms with Gasteiger partial charge in [-0.2, -0.15) is 0 Å². The first kappa shape index (κ1) is 13.2. The molecular weight excluding hydrogens is 289 g/mol. The molecule has 0 saturated carbocycles. The van der Waals surface area contributed by atoms with Crippen molar-refractivity contribution in [2.45, 2.75) is 0 Å². The molecule has 3 rings (SSSR count). The summed E-state index contributed by atoms with van der Waals surface area (Å²) in [7, 11) is 0. The van der Waals surface area contributed by atoms with E-state index in [0.29, 0.717) is 10.0 Å². The third-order valence-corrected chi connectivity index (χ3v) is 3.46. The van der Waals surface area contributed by atoms with Crippen molar-refractivity contribution >= 4 is 23.2 Å². The number of pyridine rings is 1. The Morgan fingerprint density at radius 1 is 0.600 bits per heavy atom. The summed E-state index contributed by atoms with van der Waals surface area (Å²) in [6.45, 7) is 0. The van der Waals surface area contributed by atoms with E-state index < -0.39 is 0 Å². The third kappa shape index (κ3) is 2.84. The van der Waals surface area contributed by atoms with Crippen LogP contribution in [0, 0.1) is 0 Å². The van der Waals surface area contributed by atoms with Crippen LogP contribution in [0.1, 0.15) is 0 Å². The van der Waals surface area contributed by atoms with E-state index in [9.17, 15) is 0 Å². The van der Waals surface area contributed by atoms with Gasteiger partial charge >= 0.3 is 0 Å². The lowest BCUT2D eigenvalue weighted by Gasteiger charge is -2.06. The Balaban J connectivity index is 2.06. The fraction of sp³-hybridized carbons (Fsp3) is 0. The molecule has 0 unspecified atom stereocenters. The molecule has 0 aliphatic heterocycles. The van der Waals surface area contributed by atoms with Crippen molar-refractivity contribution in [1.29, 1.82) is 0 Å². The summed E-state index contributed by atoms with van der Waals surface area (Å²) in [6.07, 6.45) is 0. The molecule has 0 radical (unpaired) electrons. The highest BCUT2D eigenvalue weighted by Gasteiger charge is 2.04. The zero-order chi connectivity index (χ0) is 13.9. The molecule has 0 aliphatic rings. The molecule has 20 heavy (non-hydrogen) atoms. The summed E-state index contributed by atoms with van der Waals surface area (Å²) in [5.74, 6) is 0. The molecule has 0 amide bonds. The highest BCUT2D eigenvalue weighted by molar-refractivity contribution is 6.31. The van der Waals surface area contributed by atoms with Crippen LogP contribution in [-0.2, 0) is 0 Å². The number of rotatable bonds is 2. The van der Waals surface area contributed by atoms with Crippen LogP contribution < -0.4 is 0 Å². The lowest BCUT2D eigenvalue weighted by molar-refractivity contribution is 1.32. The second-order valence-electron chi connectivity index (χ2n) is 4.43. The van der Waals surface area contributed by atoms with Crippen molar-refractivity contribution in [2.75, 3.05) is 0 Å². The van der Waals surface area contributed by atoms with Crippen molar-refractivity contribution in [1.82, 2.24) is 4.98 Å². The smallest absolute Gasteiger partial charge is 0.0710 e. The summed E-state index contributed by atoms with van der Waals surface area (Å²) < 4.78 is 0. The molecule has 1 nitrogen and oxygen atoms in total. The van der Waals surface area contributed by atoms with Crippen LogP contribution in [0.3, 0.4) is 0 Å². The predicted octanol–water partition coefficient (Wildman–Crippen LogP) is 5.72. The fourth-order valence-electron chi connectivity index (χ4n) is 2.05. The highest BCUT2D eigenvalue weighted by Crippen LogP contribution is 2.25. The molecule has 98 valence electrons. The van der Waals surface area contributed by atoms with Gasteiger partial charge in [-0.1, -0.05) is 53.5 Å². The molecule has 0 spiro atoms. The maximum Gasteiger partial charge on any atom is 0.0710 e. The van der Waals surface area contributed by atoms with Crippen LogP contribution in [0.15, 0.2) is 66.7 Å². The summed E-state index contributed by atoms with van der Waals surface area (Å²) in [6, 6.07) is 21.3. The van der Waals surface area contributed by atoms with Gasteiger partial charge < -0.3 is 0 Å². The molecule has 0 saturated heterocycles. The first-order valence-electron chi connectivity index (χ1n) is 6.21. The van der Waals surface area contributed by atoms with E-state index >= 15 is 0 Å². The van der Waals surface area contributed by atoms with Crippen molar-refractivity contribution in [3.63, 3.8) is 0 Å². The van der Waals surface area contributed by atoms with E-state index in [1.807, 2.05) is 66.7 Å². The summed E-state index contributed by atoms with van der Waals surface area (Å²) in [5.41, 5.74) is 3.79. The minimum absolute atomic E-state index is 0.706. The predicted molar refractivity (Wildman–Crippen MR) is 85.1 cm³/mol. The van der Waals surface area contributed by atoms with Crippen LogP contribution in [-0.4, -0.2) is 4.98 Å². The second kappa shape index (κ2) is 5.66. The van der Waals surface area contributed by atoms with Gasteiger partial charge in [0.15, 0.2) is 0 Å². The van der Waals surface area contributed by atoms with Crippen LogP contribution in [0.4, 0.5) is 0 Å². The van der Waals surface area contributed by atoms with Crippen molar-refractivity contribution in [2.24, 2.45) is 0 Å². The topological polar surface area (TPSA) is 12.9 Å². The van der Waals surface area contributed by atoms with Gasteiger partial charge in [0.1, 0.15) is 0 Å². The van der Waals surface area contributed by atoms with Gasteiger partial charge in [-0.15, -0.1) is 0 Å². The first-order valence-corrected chi connectivity index (χ1v) is 6.97. The Morgan fingerprint density at radius 2 is 1.05 bits per heavy atom. The Labute approximate surface area is 127 Å². The number of hydrogen-bond donors (Lipinski definition) is 0. The molecular formula is C17H11Cl2N. The summed E-state index contributed by atoms with van der Waals surface area (Å²) >= 11 is 12.1. The maximum atomic E-state index is 6.03. The zero-order valence-electron chi connectivity index (χ0n) is 10.6. The largest absolute Gasteiger partial charge is 0.248 e. The monoisotopic (exact) mass is 299 g/mol. The minimum Gasteiger partial charge on any atom is -0.248 e. The van der Waals surface area contributed by atoms with Gasteiger partial charge in [0.05, 0.1) is 11.4 Å². The van der Waals surface area contributed by atoms with Gasteiger partial charge in [-0.3, -0.25) is 0 Å². The van der Waals surface area contributed by atoms with E-state index in [0.717, 1.165) is 22.5 Å². The molecule has 0 N–H and O–H groups in total. The Hall–Kier alpha value is -1.83. The second-order valence-corrected chi connectivity index (χ2v) is 5.30. The van der Waals surface area contributed by atoms with Crippen LogP contribution in [0.5, 0.6) is 0 Å². The number of aromatic nitrogens is 1. The highest BCUT2D eigenvalue weighted by atomic mass is 35.5. The molecule has 0 atom stereocenters. The zero-order valence-corrected chi connectivity index (χ0v) is 12.1. The van der Waals surface area contributed by atoms with Crippen LogP contribution in [0.2, 0.25) is 10.0 Å². The molecule has 0 aliphatic carbocycles. The molecule has 1 aromatic heterocycles. The van der Waals surface area contributed by atoms with Gasteiger partial charge in [-0.05, 0) is 36.4 Å². The van der Waals surface area contributed by atoms with Gasteiger partial charge in [-0.25, -0.2) is 4.98 Å². The number of hydrogen-bond acceptors (Lipinski definition) is 1. The SMILES string of the molecule is Clc1cccc(-c2cccc(-c3cccc(Cl)c3)n2)c1. The van der Waals surface area contributed by atoms with E-state index in [1.54, 1.807) is 0 Å². The van der Waals surface area contributed by atoms with Crippen molar-refractivity contribution in [3.8, 4) is 22.5 Å². The Kier molecular flexibility index (Phi) is 3.72. The van der Waals surface area contributed by atoms with E-state index in [2.05, 4.69) is 4.98 Å². The third-order valence-electron chi connectivity index (χ3n) is 2.99. The van der Waals surface area contributed by atoms with E-state index in [-0.39, 0.29) is 0 Å². The first-order chi connectivity index (χ1) is 9.72. The number of halogens is 2. The average Bonchev–Trinajstić information content (AvgIpc) is 2.47. The van der Waals surface area contributed by atoms with E-state index in [4.69, 9.17) is 23.2 Å². The standard InChI is InChI=1S/C17H11Cl2N/c18-14-6-1-4-12(10-14)16-8-3-9-17(20-16)13-5-2-7-15(19)11-13/h1-11H. The quantitative estimate of drug-likeness (QED) is 0.589. The van der Waals surface area contributed by atoms with Gasteiger partial charge in [0.25, 0.3) is 0 Å². The molecule has 0 fully saturated rings. The minimum atomic E-state index is 0.706. The Morgan fingerprint density at radius 3 is 1.50 bits per heavy atom. The van der Waals surface area contributed by atoms with Gasteiger partial charge in [0, 0.05) is 21.2 Å². The molecule has 1 heterocycles. The fourth-order valence-corrected chi connectivity index (χ4v) is 2.43. The van der Waals surface area contributed by atoms with Crippen molar-refractivity contribution < 1.29 is 0 Å². The summed E-state index contributed by atoms with van der Waals surface area (Å²) in [4.78, 5) is 4.68. The van der Waals surface area contributed by atoms with Crippen LogP contribution in [0.25, 0.3) is 22.5 Å².